The van der Waals surface area contributed by atoms with E-state index in [0.717, 1.165) is 65.4 Å². The molecule has 32 heavy (non-hydrogen) atoms. The maximum Gasteiger partial charge on any atom is 0.159 e. The van der Waals surface area contributed by atoms with Crippen LogP contribution in [0.3, 0.4) is 0 Å². The molecule has 0 saturated carbocycles. The van der Waals surface area contributed by atoms with Gasteiger partial charge in [-0.15, -0.1) is 0 Å². The average molecular weight is 428 g/mol. The third-order valence-electron chi connectivity index (χ3n) is 6.16. The van der Waals surface area contributed by atoms with Crippen LogP contribution in [0.1, 0.15) is 24.5 Å². The van der Waals surface area contributed by atoms with Gasteiger partial charge in [0.15, 0.2) is 5.82 Å². The fourth-order valence-electron chi connectivity index (χ4n) is 4.56. The minimum absolute atomic E-state index is 0.121. The first kappa shape index (κ1) is 18.9. The van der Waals surface area contributed by atoms with Gasteiger partial charge in [0.2, 0.25) is 0 Å². The number of piperidine rings is 1. The number of phenolic OH excluding ortho intramolecular Hbond substituents is 1. The summed E-state index contributed by atoms with van der Waals surface area (Å²) in [6, 6.07) is 11.8. The molecule has 1 aliphatic heterocycles. The van der Waals surface area contributed by atoms with Gasteiger partial charge in [-0.3, -0.25) is 10.1 Å². The summed E-state index contributed by atoms with van der Waals surface area (Å²) in [6.45, 7) is 2.01. The van der Waals surface area contributed by atoms with Crippen molar-refractivity contribution in [2.24, 2.45) is 0 Å². The van der Waals surface area contributed by atoms with E-state index in [1.54, 1.807) is 0 Å². The molecule has 0 amide bonds. The van der Waals surface area contributed by atoms with E-state index in [1.807, 2.05) is 24.4 Å². The Morgan fingerprint density at radius 2 is 1.91 bits per heavy atom. The van der Waals surface area contributed by atoms with Crippen molar-refractivity contribution in [2.45, 2.75) is 18.8 Å². The molecule has 160 valence electrons. The van der Waals surface area contributed by atoms with Crippen LogP contribution in [0.2, 0.25) is 0 Å². The molecular weight excluding hydrogens is 407 g/mol. The molecule has 7 nitrogen and oxygen atoms in total. The molecule has 1 aliphatic rings. The lowest BCUT2D eigenvalue weighted by Gasteiger charge is -2.21. The van der Waals surface area contributed by atoms with Gasteiger partial charge in [0, 0.05) is 28.6 Å². The summed E-state index contributed by atoms with van der Waals surface area (Å²) in [5.74, 6) is 0.445. The smallest absolute Gasteiger partial charge is 0.159 e. The van der Waals surface area contributed by atoms with Gasteiger partial charge in [-0.05, 0) is 55.8 Å². The zero-order valence-electron chi connectivity index (χ0n) is 17.2. The number of H-pyrrole nitrogens is 2. The molecular formula is C24H21FN6O. The first-order valence-corrected chi connectivity index (χ1v) is 10.7. The minimum atomic E-state index is -0.496. The van der Waals surface area contributed by atoms with Crippen molar-refractivity contribution >= 4 is 21.9 Å². The summed E-state index contributed by atoms with van der Waals surface area (Å²) in [4.78, 5) is 12.8. The lowest BCUT2D eigenvalue weighted by Crippen LogP contribution is -2.27. The lowest BCUT2D eigenvalue weighted by atomic mass is 9.93. The van der Waals surface area contributed by atoms with Crippen molar-refractivity contribution in [3.63, 3.8) is 0 Å². The van der Waals surface area contributed by atoms with Crippen LogP contribution in [0, 0.1) is 5.82 Å². The van der Waals surface area contributed by atoms with E-state index in [2.05, 4.69) is 31.5 Å². The van der Waals surface area contributed by atoms with Gasteiger partial charge < -0.3 is 15.4 Å². The molecule has 8 heteroatoms. The number of aromatic amines is 2. The first-order valence-electron chi connectivity index (χ1n) is 10.7. The van der Waals surface area contributed by atoms with Gasteiger partial charge >= 0.3 is 0 Å². The van der Waals surface area contributed by atoms with Crippen molar-refractivity contribution in [1.82, 2.24) is 30.5 Å². The Kier molecular flexibility index (Phi) is 4.39. The highest BCUT2D eigenvalue weighted by atomic mass is 19.1. The van der Waals surface area contributed by atoms with Gasteiger partial charge in [-0.25, -0.2) is 9.37 Å². The molecule has 6 rings (SSSR count). The zero-order chi connectivity index (χ0) is 21.7. The Balaban J connectivity index is 1.47. The molecule has 0 spiro atoms. The number of nitrogens with zero attached hydrogens (tertiary/aromatic N) is 3. The molecule has 4 N–H and O–H groups in total. The van der Waals surface area contributed by atoms with Crippen LogP contribution in [0.25, 0.3) is 44.6 Å². The molecule has 1 saturated heterocycles. The van der Waals surface area contributed by atoms with Gasteiger partial charge in [0.05, 0.1) is 22.7 Å². The zero-order valence-corrected chi connectivity index (χ0v) is 17.2. The van der Waals surface area contributed by atoms with E-state index in [-0.39, 0.29) is 5.75 Å². The van der Waals surface area contributed by atoms with Crippen LogP contribution in [-0.4, -0.2) is 43.3 Å². The maximum absolute atomic E-state index is 13.9. The highest BCUT2D eigenvalue weighted by Gasteiger charge is 2.20. The molecule has 2 aromatic carbocycles. The molecule has 4 heterocycles. The van der Waals surface area contributed by atoms with E-state index < -0.39 is 5.82 Å². The number of hydrogen-bond donors (Lipinski definition) is 4. The highest BCUT2D eigenvalue weighted by molar-refractivity contribution is 5.97. The summed E-state index contributed by atoms with van der Waals surface area (Å²) in [7, 11) is 0. The van der Waals surface area contributed by atoms with Crippen LogP contribution in [-0.2, 0) is 0 Å². The minimum Gasteiger partial charge on any atom is -0.508 e. The molecule has 0 unspecified atom stereocenters. The van der Waals surface area contributed by atoms with Gasteiger partial charge in [-0.1, -0.05) is 12.1 Å². The van der Waals surface area contributed by atoms with E-state index >= 15 is 0 Å². The van der Waals surface area contributed by atoms with E-state index in [9.17, 15) is 9.50 Å². The molecule has 0 radical (unpaired) electrons. The number of rotatable bonds is 3. The van der Waals surface area contributed by atoms with E-state index in [1.165, 1.54) is 12.1 Å². The molecule has 0 bridgehead atoms. The number of benzene rings is 2. The molecule has 3 aromatic heterocycles. The topological polar surface area (TPSA) is 103 Å². The number of aromatic hydroxyl groups is 1. The monoisotopic (exact) mass is 428 g/mol. The molecule has 1 fully saturated rings. The third kappa shape index (κ3) is 3.20. The lowest BCUT2D eigenvalue weighted by molar-refractivity contribution is 0.453. The number of para-hydroxylation sites is 1. The predicted octanol–water partition coefficient (Wildman–Crippen LogP) is 4.48. The van der Waals surface area contributed by atoms with Crippen LogP contribution >= 0.6 is 0 Å². The Bertz CT molecular complexity index is 1430. The van der Waals surface area contributed by atoms with Crippen LogP contribution in [0.4, 0.5) is 4.39 Å². The second-order valence-electron chi connectivity index (χ2n) is 8.24. The maximum atomic E-state index is 13.9. The van der Waals surface area contributed by atoms with Gasteiger partial charge in [0.25, 0.3) is 0 Å². The Labute approximate surface area is 182 Å². The van der Waals surface area contributed by atoms with Crippen molar-refractivity contribution < 1.29 is 9.50 Å². The quantitative estimate of drug-likeness (QED) is 0.339. The summed E-state index contributed by atoms with van der Waals surface area (Å²) >= 11 is 0. The first-order chi connectivity index (χ1) is 15.7. The average Bonchev–Trinajstić information content (AvgIpc) is 3.42. The summed E-state index contributed by atoms with van der Waals surface area (Å²) in [5.41, 5.74) is 5.46. The number of phenols is 1. The number of hydrogen-bond acceptors (Lipinski definition) is 5. The number of imidazole rings is 1. The largest absolute Gasteiger partial charge is 0.508 e. The van der Waals surface area contributed by atoms with Crippen LogP contribution < -0.4 is 5.32 Å². The van der Waals surface area contributed by atoms with E-state index in [0.29, 0.717) is 22.8 Å². The van der Waals surface area contributed by atoms with Crippen LogP contribution in [0.5, 0.6) is 5.75 Å². The fourth-order valence-corrected chi connectivity index (χ4v) is 4.56. The van der Waals surface area contributed by atoms with Crippen molar-refractivity contribution in [2.75, 3.05) is 13.1 Å². The summed E-state index contributed by atoms with van der Waals surface area (Å²) in [5, 5.41) is 21.8. The number of aromatic nitrogens is 5. The molecule has 5 aromatic rings. The Morgan fingerprint density at radius 3 is 2.75 bits per heavy atom. The van der Waals surface area contributed by atoms with Crippen molar-refractivity contribution in [1.29, 1.82) is 0 Å². The SMILES string of the molecule is Oc1cc(F)cc(-c2cccc3[nH]c(-c4n[nH]c5cnc(C6CCNCC6)cc45)nc23)c1. The van der Waals surface area contributed by atoms with Crippen molar-refractivity contribution in [3.05, 3.63) is 60.2 Å². The fraction of sp³-hybridized carbons (Fsp3) is 0.208. The second-order valence-corrected chi connectivity index (χ2v) is 8.24. The molecule has 0 aliphatic carbocycles. The van der Waals surface area contributed by atoms with Crippen molar-refractivity contribution in [3.8, 4) is 28.4 Å². The predicted molar refractivity (Wildman–Crippen MR) is 121 cm³/mol. The van der Waals surface area contributed by atoms with Gasteiger partial charge in [-0.2, -0.15) is 5.10 Å². The van der Waals surface area contributed by atoms with Crippen LogP contribution in [0.15, 0.2) is 48.7 Å². The summed E-state index contributed by atoms with van der Waals surface area (Å²) < 4.78 is 13.9. The third-order valence-corrected chi connectivity index (χ3v) is 6.16. The second kappa shape index (κ2) is 7.42. The molecule has 0 atom stereocenters. The Hall–Kier alpha value is -3.78. The summed E-state index contributed by atoms with van der Waals surface area (Å²) in [6.07, 6.45) is 3.98. The highest BCUT2D eigenvalue weighted by Crippen LogP contribution is 2.34. The normalized spacial score (nSPS) is 15.0. The number of nitrogens with one attached hydrogen (secondary N) is 3. The van der Waals surface area contributed by atoms with E-state index in [4.69, 9.17) is 4.98 Å². The number of fused-ring (bicyclic) bond motifs is 2. The number of pyridine rings is 1. The Morgan fingerprint density at radius 1 is 1.03 bits per heavy atom. The number of halogens is 1. The van der Waals surface area contributed by atoms with Gasteiger partial charge in [0.1, 0.15) is 17.3 Å². The standard InChI is InChI=1S/C24H21FN6O/c25-15-8-14(9-16(32)10-15)17-2-1-3-19-22(17)29-24(28-19)23-18-11-20(13-4-6-26-7-5-13)27-12-21(18)30-31-23/h1-3,8-13,26,32H,4-7H2,(H,28,29)(H,30,31).